The largest absolute Gasteiger partial charge is 0.466 e. The van der Waals surface area contributed by atoms with Crippen LogP contribution in [-0.4, -0.2) is 42.3 Å². The van der Waals surface area contributed by atoms with Crippen LogP contribution in [0.15, 0.2) is 0 Å². The number of thioether (sulfide) groups is 1. The van der Waals surface area contributed by atoms with Crippen LogP contribution in [0, 0.1) is 5.92 Å². The SMILES string of the molecule is CCOC(=O)C1CCN(CSCN)CC1. The van der Waals surface area contributed by atoms with E-state index in [4.69, 9.17) is 10.5 Å². The minimum atomic E-state index is -0.0244. The van der Waals surface area contributed by atoms with Crippen molar-refractivity contribution in [3.8, 4) is 0 Å². The molecule has 0 unspecified atom stereocenters. The lowest BCUT2D eigenvalue weighted by Gasteiger charge is -2.30. The van der Waals surface area contributed by atoms with Gasteiger partial charge in [0.05, 0.1) is 12.5 Å². The van der Waals surface area contributed by atoms with Gasteiger partial charge in [0.2, 0.25) is 0 Å². The average Bonchev–Trinajstić information content (AvgIpc) is 2.27. The van der Waals surface area contributed by atoms with E-state index in [0.29, 0.717) is 12.5 Å². The normalized spacial score (nSPS) is 19.1. The molecule has 1 aliphatic rings. The molecule has 4 nitrogen and oxygen atoms in total. The van der Waals surface area contributed by atoms with E-state index < -0.39 is 0 Å². The first kappa shape index (κ1) is 12.8. The number of nitrogens with zero attached hydrogens (tertiary/aromatic N) is 1. The van der Waals surface area contributed by atoms with Gasteiger partial charge in [-0.15, -0.1) is 11.8 Å². The van der Waals surface area contributed by atoms with Crippen LogP contribution >= 0.6 is 11.8 Å². The Morgan fingerprint density at radius 2 is 2.20 bits per heavy atom. The summed E-state index contributed by atoms with van der Waals surface area (Å²) in [6.45, 7) is 4.31. The maximum Gasteiger partial charge on any atom is 0.309 e. The zero-order valence-corrected chi connectivity index (χ0v) is 10.1. The molecule has 1 heterocycles. The molecule has 5 heteroatoms. The molecule has 0 atom stereocenters. The number of piperidine rings is 1. The zero-order chi connectivity index (χ0) is 11.1. The fraction of sp³-hybridized carbons (Fsp3) is 0.900. The lowest BCUT2D eigenvalue weighted by molar-refractivity contribution is -0.149. The monoisotopic (exact) mass is 232 g/mol. The third kappa shape index (κ3) is 4.40. The van der Waals surface area contributed by atoms with E-state index in [0.717, 1.165) is 31.8 Å². The Labute approximate surface area is 95.5 Å². The number of carbonyl (C=O) groups is 1. The maximum absolute atomic E-state index is 11.5. The Balaban J connectivity index is 2.20. The number of rotatable bonds is 5. The number of carbonyl (C=O) groups excluding carboxylic acids is 1. The highest BCUT2D eigenvalue weighted by atomic mass is 32.2. The van der Waals surface area contributed by atoms with Crippen LogP contribution in [0.3, 0.4) is 0 Å². The van der Waals surface area contributed by atoms with Gasteiger partial charge >= 0.3 is 5.97 Å². The first-order valence-electron chi connectivity index (χ1n) is 5.44. The Bertz CT molecular complexity index is 194. The fourth-order valence-electron chi connectivity index (χ4n) is 1.74. The topological polar surface area (TPSA) is 55.6 Å². The van der Waals surface area contributed by atoms with Crippen molar-refractivity contribution in [1.82, 2.24) is 4.90 Å². The minimum Gasteiger partial charge on any atom is -0.466 e. The standard InChI is InChI=1S/C10H20N2O2S/c1-2-14-10(13)9-3-5-12(6-4-9)8-15-7-11/h9H,2-8,11H2,1H3. The second-order valence-electron chi connectivity index (χ2n) is 3.64. The smallest absolute Gasteiger partial charge is 0.309 e. The van der Waals surface area contributed by atoms with Gasteiger partial charge in [-0.25, -0.2) is 0 Å². The molecule has 0 radical (unpaired) electrons. The molecule has 0 spiro atoms. The molecule has 15 heavy (non-hydrogen) atoms. The molecule has 0 bridgehead atoms. The first-order valence-corrected chi connectivity index (χ1v) is 6.60. The Kier molecular flexibility index (Phi) is 6.05. The molecular weight excluding hydrogens is 212 g/mol. The van der Waals surface area contributed by atoms with Gasteiger partial charge in [-0.3, -0.25) is 9.69 Å². The molecule has 2 N–H and O–H groups in total. The average molecular weight is 232 g/mol. The van der Waals surface area contributed by atoms with Gasteiger partial charge in [-0.1, -0.05) is 0 Å². The van der Waals surface area contributed by atoms with E-state index in [-0.39, 0.29) is 11.9 Å². The number of hydrogen-bond donors (Lipinski definition) is 1. The summed E-state index contributed by atoms with van der Waals surface area (Å²) in [7, 11) is 0. The van der Waals surface area contributed by atoms with Gasteiger partial charge in [-0.05, 0) is 32.9 Å². The van der Waals surface area contributed by atoms with Crippen LogP contribution < -0.4 is 5.73 Å². The summed E-state index contributed by atoms with van der Waals surface area (Å²) in [5.74, 6) is 1.73. The maximum atomic E-state index is 11.5. The molecule has 1 aliphatic heterocycles. The first-order chi connectivity index (χ1) is 7.27. The van der Waals surface area contributed by atoms with Crippen LogP contribution in [0.25, 0.3) is 0 Å². The molecule has 0 saturated carbocycles. The van der Waals surface area contributed by atoms with Crippen molar-refractivity contribution in [2.75, 3.05) is 31.4 Å². The third-order valence-electron chi connectivity index (χ3n) is 2.60. The van der Waals surface area contributed by atoms with E-state index in [1.54, 1.807) is 11.8 Å². The Hall–Kier alpha value is -0.260. The van der Waals surface area contributed by atoms with Crippen molar-refractivity contribution >= 4 is 17.7 Å². The lowest BCUT2D eigenvalue weighted by atomic mass is 9.97. The molecule has 1 rings (SSSR count). The Morgan fingerprint density at radius 1 is 1.53 bits per heavy atom. The van der Waals surface area contributed by atoms with Crippen molar-refractivity contribution in [3.63, 3.8) is 0 Å². The second-order valence-corrected chi connectivity index (χ2v) is 4.64. The number of likely N-dealkylation sites (tertiary alicyclic amines) is 1. The van der Waals surface area contributed by atoms with Crippen LogP contribution in [-0.2, 0) is 9.53 Å². The summed E-state index contributed by atoms with van der Waals surface area (Å²) < 4.78 is 5.02. The van der Waals surface area contributed by atoms with E-state index in [2.05, 4.69) is 4.90 Å². The van der Waals surface area contributed by atoms with Crippen molar-refractivity contribution in [2.45, 2.75) is 19.8 Å². The minimum absolute atomic E-state index is 0.0244. The molecule has 0 aromatic heterocycles. The van der Waals surface area contributed by atoms with Gasteiger partial charge in [0.1, 0.15) is 0 Å². The van der Waals surface area contributed by atoms with Crippen molar-refractivity contribution in [3.05, 3.63) is 0 Å². The van der Waals surface area contributed by atoms with Gasteiger partial charge in [-0.2, -0.15) is 0 Å². The van der Waals surface area contributed by atoms with Gasteiger partial charge in [0.25, 0.3) is 0 Å². The predicted octanol–water partition coefficient (Wildman–Crippen LogP) is 0.868. The number of nitrogens with two attached hydrogens (primary N) is 1. The van der Waals surface area contributed by atoms with E-state index in [1.165, 1.54) is 0 Å². The molecule has 0 aliphatic carbocycles. The summed E-state index contributed by atoms with van der Waals surface area (Å²) in [6, 6.07) is 0. The Morgan fingerprint density at radius 3 is 2.73 bits per heavy atom. The number of ether oxygens (including phenoxy) is 1. The molecule has 0 aromatic carbocycles. The predicted molar refractivity (Wildman–Crippen MR) is 62.4 cm³/mol. The molecule has 88 valence electrons. The van der Waals surface area contributed by atoms with Crippen LogP contribution in [0.1, 0.15) is 19.8 Å². The number of hydrogen-bond acceptors (Lipinski definition) is 5. The van der Waals surface area contributed by atoms with Crippen LogP contribution in [0.5, 0.6) is 0 Å². The van der Waals surface area contributed by atoms with Crippen molar-refractivity contribution in [2.24, 2.45) is 11.7 Å². The van der Waals surface area contributed by atoms with Gasteiger partial charge in [0, 0.05) is 11.8 Å². The molecule has 1 saturated heterocycles. The summed E-state index contributed by atoms with van der Waals surface area (Å²) in [4.78, 5) is 13.8. The highest BCUT2D eigenvalue weighted by Gasteiger charge is 2.25. The zero-order valence-electron chi connectivity index (χ0n) is 9.28. The highest BCUT2D eigenvalue weighted by Crippen LogP contribution is 2.19. The fourth-order valence-corrected chi connectivity index (χ4v) is 2.36. The second kappa shape index (κ2) is 7.09. The molecular formula is C10H20N2O2S. The third-order valence-corrected chi connectivity index (χ3v) is 3.38. The van der Waals surface area contributed by atoms with E-state index in [1.807, 2.05) is 6.92 Å². The van der Waals surface area contributed by atoms with Gasteiger partial charge < -0.3 is 10.5 Å². The molecule has 0 aromatic rings. The lowest BCUT2D eigenvalue weighted by Crippen LogP contribution is -2.36. The quantitative estimate of drug-likeness (QED) is 0.563. The van der Waals surface area contributed by atoms with Crippen LogP contribution in [0.4, 0.5) is 0 Å². The number of esters is 1. The summed E-state index contributed by atoms with van der Waals surface area (Å²) in [5, 5.41) is 0. The van der Waals surface area contributed by atoms with E-state index >= 15 is 0 Å². The van der Waals surface area contributed by atoms with Crippen LogP contribution in [0.2, 0.25) is 0 Å². The van der Waals surface area contributed by atoms with Crippen molar-refractivity contribution in [1.29, 1.82) is 0 Å². The van der Waals surface area contributed by atoms with Gasteiger partial charge in [0.15, 0.2) is 0 Å². The van der Waals surface area contributed by atoms with Crippen molar-refractivity contribution < 1.29 is 9.53 Å². The summed E-state index contributed by atoms with van der Waals surface area (Å²) in [6.07, 6.45) is 1.84. The summed E-state index contributed by atoms with van der Waals surface area (Å²) in [5.41, 5.74) is 5.42. The summed E-state index contributed by atoms with van der Waals surface area (Å²) >= 11 is 1.72. The molecule has 0 amide bonds. The van der Waals surface area contributed by atoms with E-state index in [9.17, 15) is 4.79 Å². The molecule has 1 fully saturated rings. The highest BCUT2D eigenvalue weighted by molar-refractivity contribution is 7.99.